The highest BCUT2D eigenvalue weighted by atomic mass is 32.1. The van der Waals surface area contributed by atoms with E-state index in [0.717, 1.165) is 12.0 Å². The Morgan fingerprint density at radius 1 is 1.27 bits per heavy atom. The van der Waals surface area contributed by atoms with Crippen molar-refractivity contribution in [1.82, 2.24) is 4.90 Å². The highest BCUT2D eigenvalue weighted by Crippen LogP contribution is 2.25. The van der Waals surface area contributed by atoms with E-state index in [1.165, 1.54) is 21.8 Å². The van der Waals surface area contributed by atoms with Crippen molar-refractivity contribution in [1.29, 1.82) is 0 Å². The van der Waals surface area contributed by atoms with Gasteiger partial charge in [-0.1, -0.05) is 0 Å². The van der Waals surface area contributed by atoms with Gasteiger partial charge in [-0.25, -0.2) is 4.79 Å². The predicted octanol–water partition coefficient (Wildman–Crippen LogP) is 3.25. The summed E-state index contributed by atoms with van der Waals surface area (Å²) in [5, 5.41) is 3.91. The maximum absolute atomic E-state index is 12.5. The zero-order valence-electron chi connectivity index (χ0n) is 12.5. The number of carbonyl (C=O) groups is 2. The highest BCUT2D eigenvalue weighted by Gasteiger charge is 2.28. The number of esters is 1. The summed E-state index contributed by atoms with van der Waals surface area (Å²) in [5.74, 6) is -0.541. The summed E-state index contributed by atoms with van der Waals surface area (Å²) in [7, 11) is 0. The maximum Gasteiger partial charge on any atom is 0.349 e. The molecule has 6 heteroatoms. The number of rotatable bonds is 3. The lowest BCUT2D eigenvalue weighted by molar-refractivity contribution is -0.140. The molecule has 1 amide bonds. The van der Waals surface area contributed by atoms with E-state index in [-0.39, 0.29) is 5.91 Å². The van der Waals surface area contributed by atoms with Crippen LogP contribution in [-0.2, 0) is 22.5 Å². The number of ether oxygens (including phenoxy) is 1. The van der Waals surface area contributed by atoms with Gasteiger partial charge in [0.15, 0.2) is 6.10 Å². The number of thiophene rings is 2. The van der Waals surface area contributed by atoms with Crippen LogP contribution in [0.3, 0.4) is 0 Å². The molecule has 3 heterocycles. The molecule has 0 saturated heterocycles. The Kier molecular flexibility index (Phi) is 4.31. The van der Waals surface area contributed by atoms with Gasteiger partial charge >= 0.3 is 5.97 Å². The molecule has 0 aliphatic carbocycles. The van der Waals surface area contributed by atoms with Crippen LogP contribution < -0.4 is 0 Å². The van der Waals surface area contributed by atoms with Crippen molar-refractivity contribution in [2.24, 2.45) is 0 Å². The van der Waals surface area contributed by atoms with Crippen LogP contribution in [0.2, 0.25) is 0 Å². The lowest BCUT2D eigenvalue weighted by Crippen LogP contribution is -2.42. The molecule has 2 aromatic heterocycles. The fourth-order valence-corrected chi connectivity index (χ4v) is 4.24. The van der Waals surface area contributed by atoms with E-state index in [1.807, 2.05) is 18.4 Å². The molecule has 0 unspecified atom stereocenters. The number of hydrogen-bond donors (Lipinski definition) is 0. The van der Waals surface area contributed by atoms with E-state index in [2.05, 4.69) is 11.4 Å². The third-order valence-corrected chi connectivity index (χ3v) is 5.82. The molecule has 2 aromatic rings. The summed E-state index contributed by atoms with van der Waals surface area (Å²) >= 11 is 3.08. The Labute approximate surface area is 137 Å². The van der Waals surface area contributed by atoms with Gasteiger partial charge < -0.3 is 9.64 Å². The van der Waals surface area contributed by atoms with Crippen LogP contribution in [0.4, 0.5) is 0 Å². The number of amides is 1. The Bertz CT molecular complexity index is 704. The lowest BCUT2D eigenvalue weighted by Gasteiger charge is -2.29. The molecule has 0 fully saturated rings. The van der Waals surface area contributed by atoms with E-state index >= 15 is 0 Å². The maximum atomic E-state index is 12.5. The molecule has 0 aromatic carbocycles. The third-order valence-electron chi connectivity index (χ3n) is 3.80. The molecule has 0 saturated carbocycles. The van der Waals surface area contributed by atoms with Crippen molar-refractivity contribution < 1.29 is 14.3 Å². The topological polar surface area (TPSA) is 46.6 Å². The molecule has 1 aliphatic heterocycles. The fraction of sp³-hybridized carbons (Fsp3) is 0.375. The number of fused-ring (bicyclic) bond motifs is 1. The average molecular weight is 335 g/mol. The van der Waals surface area contributed by atoms with Crippen LogP contribution >= 0.6 is 22.7 Å². The summed E-state index contributed by atoms with van der Waals surface area (Å²) in [4.78, 5) is 28.3. The minimum atomic E-state index is -0.755. The van der Waals surface area contributed by atoms with Gasteiger partial charge in [0.2, 0.25) is 0 Å². The van der Waals surface area contributed by atoms with E-state index < -0.39 is 12.1 Å². The molecule has 3 rings (SSSR count). The van der Waals surface area contributed by atoms with Crippen LogP contribution in [-0.4, -0.2) is 29.4 Å². The molecule has 0 N–H and O–H groups in total. The van der Waals surface area contributed by atoms with Crippen molar-refractivity contribution in [2.75, 3.05) is 6.54 Å². The highest BCUT2D eigenvalue weighted by molar-refractivity contribution is 7.12. The summed E-state index contributed by atoms with van der Waals surface area (Å²) < 4.78 is 5.34. The number of aryl methyl sites for hydroxylation is 1. The minimum absolute atomic E-state index is 0.126. The van der Waals surface area contributed by atoms with Gasteiger partial charge in [0.1, 0.15) is 4.88 Å². The van der Waals surface area contributed by atoms with Crippen molar-refractivity contribution in [3.63, 3.8) is 0 Å². The summed E-state index contributed by atoms with van der Waals surface area (Å²) in [6, 6.07) is 3.93. The molecule has 4 nitrogen and oxygen atoms in total. The smallest absolute Gasteiger partial charge is 0.349 e. The molecule has 116 valence electrons. The van der Waals surface area contributed by atoms with Crippen LogP contribution in [0.5, 0.6) is 0 Å². The summed E-state index contributed by atoms with van der Waals surface area (Å²) in [6.45, 7) is 4.80. The normalized spacial score (nSPS) is 15.3. The molecule has 0 bridgehead atoms. The Hall–Kier alpha value is -1.66. The van der Waals surface area contributed by atoms with Crippen molar-refractivity contribution in [3.05, 3.63) is 43.8 Å². The number of carbonyl (C=O) groups excluding carboxylic acids is 2. The van der Waals surface area contributed by atoms with Crippen LogP contribution in [0.1, 0.15) is 32.6 Å². The summed E-state index contributed by atoms with van der Waals surface area (Å²) in [6.07, 6.45) is 0.123. The van der Waals surface area contributed by atoms with Gasteiger partial charge in [-0.15, -0.1) is 22.7 Å². The second-order valence-corrected chi connectivity index (χ2v) is 7.28. The Balaban J connectivity index is 1.63. The minimum Gasteiger partial charge on any atom is -0.448 e. The molecule has 1 atom stereocenters. The fourth-order valence-electron chi connectivity index (χ4n) is 2.54. The monoisotopic (exact) mass is 335 g/mol. The predicted molar refractivity (Wildman–Crippen MR) is 87.4 cm³/mol. The molecule has 22 heavy (non-hydrogen) atoms. The van der Waals surface area contributed by atoms with Gasteiger partial charge in [0, 0.05) is 18.0 Å². The Morgan fingerprint density at radius 3 is 2.77 bits per heavy atom. The van der Waals surface area contributed by atoms with Crippen molar-refractivity contribution in [3.8, 4) is 0 Å². The molecule has 0 radical (unpaired) electrons. The second kappa shape index (κ2) is 6.22. The summed E-state index contributed by atoms with van der Waals surface area (Å²) in [5.41, 5.74) is 2.09. The Morgan fingerprint density at radius 2 is 2.05 bits per heavy atom. The van der Waals surface area contributed by atoms with Gasteiger partial charge in [0.25, 0.3) is 5.91 Å². The first-order chi connectivity index (χ1) is 10.6. The van der Waals surface area contributed by atoms with Gasteiger partial charge in [-0.05, 0) is 54.3 Å². The van der Waals surface area contributed by atoms with Crippen molar-refractivity contribution >= 4 is 34.6 Å². The first-order valence-corrected chi connectivity index (χ1v) is 8.91. The first-order valence-electron chi connectivity index (χ1n) is 7.15. The number of hydrogen-bond acceptors (Lipinski definition) is 5. The standard InChI is InChI=1S/C16H17NO3S2/c1-10-4-7-22-14(10)16(19)20-11(2)15(18)17-6-3-13-12(9-17)5-8-21-13/h4-5,7-8,11H,3,6,9H2,1-2H3/t11-/m0/s1. The van der Waals surface area contributed by atoms with Gasteiger partial charge in [0.05, 0.1) is 0 Å². The zero-order valence-corrected chi connectivity index (χ0v) is 14.1. The largest absolute Gasteiger partial charge is 0.448 e. The first kappa shape index (κ1) is 15.2. The van der Waals surface area contributed by atoms with Crippen molar-refractivity contribution in [2.45, 2.75) is 32.9 Å². The zero-order chi connectivity index (χ0) is 15.7. The SMILES string of the molecule is Cc1ccsc1C(=O)O[C@@H](C)C(=O)N1CCc2sccc2C1. The molecular weight excluding hydrogens is 318 g/mol. The van der Waals surface area contributed by atoms with Gasteiger partial charge in [-0.3, -0.25) is 4.79 Å². The molecule has 0 spiro atoms. The quantitative estimate of drug-likeness (QED) is 0.809. The van der Waals surface area contributed by atoms with Crippen LogP contribution in [0.25, 0.3) is 0 Å². The second-order valence-electron chi connectivity index (χ2n) is 5.36. The lowest BCUT2D eigenvalue weighted by atomic mass is 10.1. The van der Waals surface area contributed by atoms with E-state index in [1.54, 1.807) is 23.2 Å². The average Bonchev–Trinajstić information content (AvgIpc) is 3.13. The van der Waals surface area contributed by atoms with E-state index in [4.69, 9.17) is 4.74 Å². The third kappa shape index (κ3) is 2.94. The van der Waals surface area contributed by atoms with Crippen LogP contribution in [0, 0.1) is 6.92 Å². The van der Waals surface area contributed by atoms with Gasteiger partial charge in [-0.2, -0.15) is 0 Å². The molecular formula is C16H17NO3S2. The van der Waals surface area contributed by atoms with E-state index in [0.29, 0.717) is 18.0 Å². The van der Waals surface area contributed by atoms with E-state index in [9.17, 15) is 9.59 Å². The molecule has 1 aliphatic rings. The number of nitrogens with zero attached hydrogens (tertiary/aromatic N) is 1. The van der Waals surface area contributed by atoms with Crippen LogP contribution in [0.15, 0.2) is 22.9 Å².